The van der Waals surface area contributed by atoms with Gasteiger partial charge in [-0.15, -0.1) is 0 Å². The van der Waals surface area contributed by atoms with Gasteiger partial charge in [0.15, 0.2) is 23.1 Å². The number of hydrogen-bond acceptors (Lipinski definition) is 3. The van der Waals surface area contributed by atoms with Crippen LogP contribution in [0.5, 0.6) is 0 Å². The Bertz CT molecular complexity index is 900. The molecule has 124 valence electrons. The van der Waals surface area contributed by atoms with Crippen LogP contribution in [0.4, 0.5) is 13.2 Å². The Morgan fingerprint density at radius 2 is 1.88 bits per heavy atom. The first-order valence-corrected chi connectivity index (χ1v) is 7.14. The lowest BCUT2D eigenvalue weighted by atomic mass is 10.1. The minimum atomic E-state index is -1.50. The maximum absolute atomic E-state index is 13.1. The van der Waals surface area contributed by atoms with Crippen LogP contribution in [-0.4, -0.2) is 27.0 Å². The van der Waals surface area contributed by atoms with Crippen molar-refractivity contribution in [1.29, 1.82) is 0 Å². The number of imidazole rings is 1. The van der Waals surface area contributed by atoms with Crippen LogP contribution in [0.3, 0.4) is 0 Å². The SMILES string of the molecule is Cn1cnc2cc(C(=O)NCCc3cc(F)c(F)c(F)c3)cnc21. The molecule has 8 heteroatoms. The summed E-state index contributed by atoms with van der Waals surface area (Å²) >= 11 is 0. The predicted octanol–water partition coefficient (Wildman–Crippen LogP) is 2.36. The van der Waals surface area contributed by atoms with Crippen molar-refractivity contribution in [1.82, 2.24) is 19.9 Å². The Hall–Kier alpha value is -2.90. The van der Waals surface area contributed by atoms with Gasteiger partial charge in [0, 0.05) is 19.8 Å². The number of carbonyl (C=O) groups excluding carboxylic acids is 1. The van der Waals surface area contributed by atoms with Crippen LogP contribution in [0.1, 0.15) is 15.9 Å². The quantitative estimate of drug-likeness (QED) is 0.745. The molecule has 0 unspecified atom stereocenters. The van der Waals surface area contributed by atoms with Gasteiger partial charge in [-0.3, -0.25) is 4.79 Å². The van der Waals surface area contributed by atoms with E-state index in [-0.39, 0.29) is 24.4 Å². The minimum absolute atomic E-state index is 0.142. The van der Waals surface area contributed by atoms with Gasteiger partial charge in [-0.1, -0.05) is 0 Å². The van der Waals surface area contributed by atoms with Gasteiger partial charge in [-0.25, -0.2) is 23.1 Å². The van der Waals surface area contributed by atoms with Crippen molar-refractivity contribution in [3.05, 3.63) is 59.3 Å². The van der Waals surface area contributed by atoms with Crippen LogP contribution in [0, 0.1) is 17.5 Å². The van der Waals surface area contributed by atoms with E-state index in [1.54, 1.807) is 24.0 Å². The van der Waals surface area contributed by atoms with Gasteiger partial charge in [-0.05, 0) is 30.2 Å². The van der Waals surface area contributed by atoms with Crippen LogP contribution >= 0.6 is 0 Å². The fraction of sp³-hybridized carbons (Fsp3) is 0.188. The van der Waals surface area contributed by atoms with Crippen molar-refractivity contribution in [2.45, 2.75) is 6.42 Å². The minimum Gasteiger partial charge on any atom is -0.352 e. The standard InChI is InChI=1S/C16H13F3N4O/c1-23-8-22-13-6-10(7-21-15(13)23)16(24)20-3-2-9-4-11(17)14(19)12(18)5-9/h4-8H,2-3H2,1H3,(H,20,24). The Balaban J connectivity index is 1.64. The van der Waals surface area contributed by atoms with Crippen LogP contribution in [0.15, 0.2) is 30.7 Å². The number of halogens is 3. The zero-order valence-electron chi connectivity index (χ0n) is 12.7. The van der Waals surface area contributed by atoms with Gasteiger partial charge in [0.05, 0.1) is 11.9 Å². The molecule has 1 amide bonds. The number of nitrogens with zero attached hydrogens (tertiary/aromatic N) is 3. The highest BCUT2D eigenvalue weighted by molar-refractivity contribution is 5.96. The molecule has 0 spiro atoms. The molecule has 5 nitrogen and oxygen atoms in total. The van der Waals surface area contributed by atoms with Crippen molar-refractivity contribution in [2.75, 3.05) is 6.54 Å². The monoisotopic (exact) mass is 334 g/mol. The first kappa shape index (κ1) is 16.0. The molecule has 24 heavy (non-hydrogen) atoms. The molecule has 2 aromatic heterocycles. The molecule has 0 fully saturated rings. The summed E-state index contributed by atoms with van der Waals surface area (Å²) in [7, 11) is 1.79. The molecule has 0 radical (unpaired) electrons. The van der Waals surface area contributed by atoms with Crippen molar-refractivity contribution >= 4 is 17.1 Å². The van der Waals surface area contributed by atoms with Crippen molar-refractivity contribution in [3.8, 4) is 0 Å². The largest absolute Gasteiger partial charge is 0.352 e. The molecular weight excluding hydrogens is 321 g/mol. The average molecular weight is 334 g/mol. The molecule has 0 saturated carbocycles. The van der Waals surface area contributed by atoms with Gasteiger partial charge < -0.3 is 9.88 Å². The number of fused-ring (bicyclic) bond motifs is 1. The molecular formula is C16H13F3N4O. The van der Waals surface area contributed by atoms with Gasteiger partial charge in [0.25, 0.3) is 5.91 Å². The third-order valence-electron chi connectivity index (χ3n) is 3.56. The van der Waals surface area contributed by atoms with Gasteiger partial charge in [0.1, 0.15) is 5.52 Å². The van der Waals surface area contributed by atoms with E-state index in [2.05, 4.69) is 15.3 Å². The molecule has 1 N–H and O–H groups in total. The normalized spacial score (nSPS) is 11.0. The first-order valence-electron chi connectivity index (χ1n) is 7.14. The number of hydrogen-bond donors (Lipinski definition) is 1. The Morgan fingerprint density at radius 1 is 1.17 bits per heavy atom. The third kappa shape index (κ3) is 3.08. The van der Waals surface area contributed by atoms with E-state index >= 15 is 0 Å². The number of nitrogens with one attached hydrogen (secondary N) is 1. The second kappa shape index (κ2) is 6.31. The molecule has 0 aliphatic heterocycles. The number of amides is 1. The van der Waals surface area contributed by atoms with Crippen molar-refractivity contribution < 1.29 is 18.0 Å². The summed E-state index contributed by atoms with van der Waals surface area (Å²) in [4.78, 5) is 20.4. The predicted molar refractivity (Wildman–Crippen MR) is 80.9 cm³/mol. The summed E-state index contributed by atoms with van der Waals surface area (Å²) in [5.41, 5.74) is 1.83. The zero-order valence-corrected chi connectivity index (χ0v) is 12.7. The fourth-order valence-corrected chi connectivity index (χ4v) is 2.32. The summed E-state index contributed by atoms with van der Waals surface area (Å²) in [5.74, 6) is -4.38. The molecule has 0 aliphatic carbocycles. The average Bonchev–Trinajstić information content (AvgIpc) is 2.93. The molecule has 0 aliphatic rings. The molecule has 0 bridgehead atoms. The second-order valence-electron chi connectivity index (χ2n) is 5.30. The van der Waals surface area contributed by atoms with E-state index in [0.717, 1.165) is 12.1 Å². The van der Waals surface area contributed by atoms with E-state index in [9.17, 15) is 18.0 Å². The van der Waals surface area contributed by atoms with E-state index in [1.807, 2.05) is 0 Å². The van der Waals surface area contributed by atoms with Crippen LogP contribution < -0.4 is 5.32 Å². The van der Waals surface area contributed by atoms with Gasteiger partial charge >= 0.3 is 0 Å². The molecule has 1 aromatic carbocycles. The highest BCUT2D eigenvalue weighted by Gasteiger charge is 2.12. The number of aryl methyl sites for hydroxylation is 1. The lowest BCUT2D eigenvalue weighted by molar-refractivity contribution is 0.0954. The highest BCUT2D eigenvalue weighted by Crippen LogP contribution is 2.14. The van der Waals surface area contributed by atoms with Gasteiger partial charge in [-0.2, -0.15) is 0 Å². The van der Waals surface area contributed by atoms with E-state index < -0.39 is 17.5 Å². The zero-order chi connectivity index (χ0) is 17.3. The lowest BCUT2D eigenvalue weighted by Crippen LogP contribution is -2.25. The summed E-state index contributed by atoms with van der Waals surface area (Å²) < 4.78 is 40.9. The summed E-state index contributed by atoms with van der Waals surface area (Å²) in [5, 5.41) is 2.62. The first-order chi connectivity index (χ1) is 11.5. The topological polar surface area (TPSA) is 59.8 Å². The fourth-order valence-electron chi connectivity index (χ4n) is 2.32. The number of rotatable bonds is 4. The lowest BCUT2D eigenvalue weighted by Gasteiger charge is -2.06. The molecule has 0 saturated heterocycles. The summed E-state index contributed by atoms with van der Waals surface area (Å²) in [6, 6.07) is 3.42. The molecule has 0 atom stereocenters. The molecule has 3 rings (SSSR count). The van der Waals surface area contributed by atoms with Gasteiger partial charge in [0.2, 0.25) is 0 Å². The maximum atomic E-state index is 13.1. The van der Waals surface area contributed by atoms with Crippen LogP contribution in [0.25, 0.3) is 11.2 Å². The van der Waals surface area contributed by atoms with E-state index in [4.69, 9.17) is 0 Å². The second-order valence-corrected chi connectivity index (χ2v) is 5.30. The molecule has 3 aromatic rings. The number of carbonyl (C=O) groups is 1. The number of benzene rings is 1. The van der Waals surface area contributed by atoms with Crippen molar-refractivity contribution in [2.24, 2.45) is 7.05 Å². The van der Waals surface area contributed by atoms with Crippen LogP contribution in [0.2, 0.25) is 0 Å². The summed E-state index contributed by atoms with van der Waals surface area (Å²) in [6.45, 7) is 0.142. The number of aromatic nitrogens is 3. The Morgan fingerprint density at radius 3 is 2.58 bits per heavy atom. The maximum Gasteiger partial charge on any atom is 0.252 e. The van der Waals surface area contributed by atoms with E-state index in [1.165, 1.54) is 6.20 Å². The molecule has 2 heterocycles. The third-order valence-corrected chi connectivity index (χ3v) is 3.56. The Labute approximate surface area is 135 Å². The smallest absolute Gasteiger partial charge is 0.252 e. The van der Waals surface area contributed by atoms with Crippen LogP contribution in [-0.2, 0) is 13.5 Å². The van der Waals surface area contributed by atoms with E-state index in [0.29, 0.717) is 16.7 Å². The summed E-state index contributed by atoms with van der Waals surface area (Å²) in [6.07, 6.45) is 3.19. The van der Waals surface area contributed by atoms with Crippen molar-refractivity contribution in [3.63, 3.8) is 0 Å². The highest BCUT2D eigenvalue weighted by atomic mass is 19.2. The Kier molecular flexibility index (Phi) is 4.20. The number of pyridine rings is 1.